The van der Waals surface area contributed by atoms with Gasteiger partial charge >= 0.3 is 0 Å². The van der Waals surface area contributed by atoms with Crippen LogP contribution in [0.5, 0.6) is 0 Å². The van der Waals surface area contributed by atoms with Gasteiger partial charge in [-0.1, -0.05) is 158 Å². The molecule has 0 spiro atoms. The van der Waals surface area contributed by atoms with Crippen LogP contribution in [0.2, 0.25) is 0 Å². The first-order valence-corrected chi connectivity index (χ1v) is 18.8. The summed E-state index contributed by atoms with van der Waals surface area (Å²) >= 11 is 0. The van der Waals surface area contributed by atoms with Crippen molar-refractivity contribution in [3.05, 3.63) is 206 Å². The Morgan fingerprint density at radius 3 is 1.78 bits per heavy atom. The molecule has 258 valence electrons. The number of para-hydroxylation sites is 2. The number of aromatic nitrogens is 1. The first-order chi connectivity index (χ1) is 27.3. The number of rotatable bonds is 6. The molecule has 0 bridgehead atoms. The smallest absolute Gasteiger partial charge is 0.160 e. The van der Waals surface area contributed by atoms with Gasteiger partial charge < -0.3 is 13.9 Å². The van der Waals surface area contributed by atoms with E-state index in [0.29, 0.717) is 0 Å². The van der Waals surface area contributed by atoms with Gasteiger partial charge in [0.1, 0.15) is 5.58 Å². The van der Waals surface area contributed by atoms with E-state index in [0.717, 1.165) is 61.1 Å². The second-order valence-corrected chi connectivity index (χ2v) is 14.1. The van der Waals surface area contributed by atoms with Crippen LogP contribution in [-0.4, -0.2) is 4.57 Å². The Balaban J connectivity index is 1.26. The molecule has 0 unspecified atom stereocenters. The summed E-state index contributed by atoms with van der Waals surface area (Å²) in [5, 5.41) is 6.93. The quantitative estimate of drug-likeness (QED) is 0.172. The molecule has 0 radical (unpaired) electrons. The molecule has 0 aliphatic heterocycles. The molecule has 0 saturated heterocycles. The molecule has 55 heavy (non-hydrogen) atoms. The van der Waals surface area contributed by atoms with Crippen molar-refractivity contribution < 1.29 is 4.42 Å². The molecule has 11 aromatic rings. The normalized spacial score (nSPS) is 11.6. The second-order valence-electron chi connectivity index (χ2n) is 14.1. The summed E-state index contributed by atoms with van der Waals surface area (Å²) in [4.78, 5) is 2.39. The van der Waals surface area contributed by atoms with Gasteiger partial charge in [-0.25, -0.2) is 0 Å². The Morgan fingerprint density at radius 1 is 0.382 bits per heavy atom. The summed E-state index contributed by atoms with van der Waals surface area (Å²) in [6, 6.07) is 73.8. The van der Waals surface area contributed by atoms with Crippen molar-refractivity contribution in [2.24, 2.45) is 0 Å². The third-order valence-electron chi connectivity index (χ3n) is 11.0. The highest BCUT2D eigenvalue weighted by Gasteiger charge is 2.26. The van der Waals surface area contributed by atoms with E-state index >= 15 is 0 Å². The number of nitrogens with zero attached hydrogens (tertiary/aromatic N) is 2. The van der Waals surface area contributed by atoms with Crippen molar-refractivity contribution in [2.75, 3.05) is 4.90 Å². The lowest BCUT2D eigenvalue weighted by molar-refractivity contribution is 0.669. The van der Waals surface area contributed by atoms with Gasteiger partial charge in [0.25, 0.3) is 0 Å². The topological polar surface area (TPSA) is 21.3 Å². The lowest BCUT2D eigenvalue weighted by Gasteiger charge is -2.27. The predicted molar refractivity (Wildman–Crippen MR) is 231 cm³/mol. The first-order valence-electron chi connectivity index (χ1n) is 18.8. The highest BCUT2D eigenvalue weighted by atomic mass is 16.3. The van der Waals surface area contributed by atoms with Crippen LogP contribution in [0.25, 0.3) is 82.5 Å². The molecule has 0 aliphatic rings. The molecule has 3 nitrogen and oxygen atoms in total. The average molecular weight is 703 g/mol. The summed E-state index contributed by atoms with van der Waals surface area (Å²) in [6.45, 7) is 0. The van der Waals surface area contributed by atoms with Gasteiger partial charge in [-0.15, -0.1) is 0 Å². The molecule has 3 heteroatoms. The molecule has 2 aromatic heterocycles. The van der Waals surface area contributed by atoms with Crippen LogP contribution in [-0.2, 0) is 0 Å². The van der Waals surface area contributed by atoms with E-state index in [1.165, 1.54) is 38.4 Å². The zero-order valence-electron chi connectivity index (χ0n) is 29.9. The Hall–Kier alpha value is -7.36. The minimum absolute atomic E-state index is 0.856. The molecule has 0 fully saturated rings. The number of furan rings is 1. The van der Waals surface area contributed by atoms with Crippen LogP contribution in [0.1, 0.15) is 0 Å². The van der Waals surface area contributed by atoms with Crippen LogP contribution in [0, 0.1) is 0 Å². The van der Waals surface area contributed by atoms with Gasteiger partial charge in [0.05, 0.1) is 22.4 Å². The monoisotopic (exact) mass is 702 g/mol. The van der Waals surface area contributed by atoms with Crippen molar-refractivity contribution in [1.29, 1.82) is 0 Å². The summed E-state index contributed by atoms with van der Waals surface area (Å²) in [7, 11) is 0. The Labute approximate surface area is 318 Å². The second kappa shape index (κ2) is 12.6. The van der Waals surface area contributed by atoms with Gasteiger partial charge in [-0.3, -0.25) is 0 Å². The highest BCUT2D eigenvalue weighted by Crippen LogP contribution is 2.49. The average Bonchev–Trinajstić information content (AvgIpc) is 3.81. The number of hydrogen-bond donors (Lipinski definition) is 0. The largest absolute Gasteiger partial charge is 0.454 e. The van der Waals surface area contributed by atoms with Gasteiger partial charge in [-0.2, -0.15) is 0 Å². The van der Waals surface area contributed by atoms with E-state index < -0.39 is 0 Å². The third kappa shape index (κ3) is 5.05. The maximum absolute atomic E-state index is 7.01. The number of fused-ring (bicyclic) bond motifs is 8. The maximum atomic E-state index is 7.01. The Kier molecular flexibility index (Phi) is 7.17. The van der Waals surface area contributed by atoms with E-state index in [1.807, 2.05) is 0 Å². The van der Waals surface area contributed by atoms with Crippen molar-refractivity contribution >= 4 is 71.6 Å². The highest BCUT2D eigenvalue weighted by molar-refractivity contribution is 6.30. The fraction of sp³-hybridized carbons (Fsp3) is 0. The fourth-order valence-corrected chi connectivity index (χ4v) is 8.47. The Bertz CT molecular complexity index is 3190. The SMILES string of the molecule is c1ccc(-c2ccc(N(c3cccc4ccccc34)c3cc4c(c5ccccc5n4-c4cccc(-c5ccccc5)c4)c4c3oc3ccccc34)cc2)cc1. The predicted octanol–water partition coefficient (Wildman–Crippen LogP) is 14.6. The van der Waals surface area contributed by atoms with Gasteiger partial charge in [0.15, 0.2) is 5.58 Å². The van der Waals surface area contributed by atoms with Crippen LogP contribution in [0.4, 0.5) is 17.1 Å². The van der Waals surface area contributed by atoms with Crippen molar-refractivity contribution in [3.8, 4) is 27.9 Å². The third-order valence-corrected chi connectivity index (χ3v) is 11.0. The van der Waals surface area contributed by atoms with Crippen LogP contribution < -0.4 is 4.90 Å². The van der Waals surface area contributed by atoms with Gasteiger partial charge in [-0.05, 0) is 76.2 Å². The standard InChI is InChI=1S/C52H34N2O/c1-3-15-35(16-4-1)37-29-31-40(32-30-37)53(45-27-14-20-38-19-7-8-23-42(38)45)48-34-47-50(51-44-25-10-12-28-49(44)55-52(48)51)43-24-9-11-26-46(43)54(47)41-22-13-21-39(33-41)36-17-5-2-6-18-36/h1-34H. The summed E-state index contributed by atoms with van der Waals surface area (Å²) < 4.78 is 9.44. The van der Waals surface area contributed by atoms with Crippen molar-refractivity contribution in [2.45, 2.75) is 0 Å². The number of hydrogen-bond acceptors (Lipinski definition) is 2. The molecule has 11 rings (SSSR count). The van der Waals surface area contributed by atoms with E-state index in [4.69, 9.17) is 4.42 Å². The summed E-state index contributed by atoms with van der Waals surface area (Å²) in [6.07, 6.45) is 0. The Morgan fingerprint density at radius 2 is 0.982 bits per heavy atom. The molecule has 9 aromatic carbocycles. The first kappa shape index (κ1) is 31.2. The minimum Gasteiger partial charge on any atom is -0.454 e. The van der Waals surface area contributed by atoms with Crippen molar-refractivity contribution in [3.63, 3.8) is 0 Å². The van der Waals surface area contributed by atoms with E-state index in [-0.39, 0.29) is 0 Å². The van der Waals surface area contributed by atoms with Gasteiger partial charge in [0, 0.05) is 38.3 Å². The number of benzene rings is 9. The molecular weight excluding hydrogens is 669 g/mol. The zero-order chi connectivity index (χ0) is 36.3. The summed E-state index contributed by atoms with van der Waals surface area (Å²) in [5.74, 6) is 0. The lowest BCUT2D eigenvalue weighted by Crippen LogP contribution is -2.11. The molecule has 0 aliphatic carbocycles. The van der Waals surface area contributed by atoms with E-state index in [9.17, 15) is 0 Å². The van der Waals surface area contributed by atoms with E-state index in [1.54, 1.807) is 0 Å². The number of anilines is 3. The van der Waals surface area contributed by atoms with E-state index in [2.05, 4.69) is 216 Å². The van der Waals surface area contributed by atoms with Crippen LogP contribution in [0.3, 0.4) is 0 Å². The maximum Gasteiger partial charge on any atom is 0.160 e. The van der Waals surface area contributed by atoms with Crippen LogP contribution in [0.15, 0.2) is 211 Å². The lowest BCUT2D eigenvalue weighted by atomic mass is 10.0. The van der Waals surface area contributed by atoms with Crippen LogP contribution >= 0.6 is 0 Å². The molecule has 0 saturated carbocycles. The summed E-state index contributed by atoms with van der Waals surface area (Å²) in [5.41, 5.74) is 12.9. The zero-order valence-corrected chi connectivity index (χ0v) is 29.9. The molecule has 2 heterocycles. The minimum atomic E-state index is 0.856. The molecular formula is C52H34N2O. The molecule has 0 N–H and O–H groups in total. The fourth-order valence-electron chi connectivity index (χ4n) is 8.47. The molecule has 0 amide bonds. The van der Waals surface area contributed by atoms with Gasteiger partial charge in [0.2, 0.25) is 0 Å². The molecule has 0 atom stereocenters. The van der Waals surface area contributed by atoms with Crippen molar-refractivity contribution in [1.82, 2.24) is 4.57 Å².